The number of hydrogen-bond donors (Lipinski definition) is 1. The van der Waals surface area contributed by atoms with Crippen LogP contribution in [0.3, 0.4) is 0 Å². The van der Waals surface area contributed by atoms with Crippen LogP contribution in [0.2, 0.25) is 5.02 Å². The van der Waals surface area contributed by atoms with Crippen molar-refractivity contribution in [2.45, 2.75) is 6.61 Å². The van der Waals surface area contributed by atoms with Crippen molar-refractivity contribution in [1.82, 2.24) is 4.98 Å². The van der Waals surface area contributed by atoms with Gasteiger partial charge >= 0.3 is 0 Å². The third-order valence-electron chi connectivity index (χ3n) is 3.05. The van der Waals surface area contributed by atoms with Crippen molar-refractivity contribution in [2.24, 2.45) is 0 Å². The van der Waals surface area contributed by atoms with E-state index >= 15 is 0 Å². The minimum atomic E-state index is 0.400. The van der Waals surface area contributed by atoms with E-state index in [0.717, 1.165) is 16.5 Å². The number of para-hydroxylation sites is 1. The molecule has 0 spiro atoms. The van der Waals surface area contributed by atoms with Gasteiger partial charge in [0.15, 0.2) is 0 Å². The van der Waals surface area contributed by atoms with Crippen molar-refractivity contribution in [3.8, 4) is 5.75 Å². The first-order valence-corrected chi connectivity index (χ1v) is 6.62. The molecule has 0 fully saturated rings. The first-order valence-electron chi connectivity index (χ1n) is 6.24. The van der Waals surface area contributed by atoms with Gasteiger partial charge in [0.05, 0.1) is 10.5 Å². The topological polar surface area (TPSA) is 48.1 Å². The molecule has 0 radical (unpaired) electrons. The van der Waals surface area contributed by atoms with E-state index in [1.807, 2.05) is 30.3 Å². The Labute approximate surface area is 122 Å². The highest BCUT2D eigenvalue weighted by Gasteiger charge is 2.05. The number of ether oxygens (including phenoxy) is 1. The Bertz CT molecular complexity index is 753. The van der Waals surface area contributed by atoms with Crippen LogP contribution in [0.25, 0.3) is 10.9 Å². The third-order valence-corrected chi connectivity index (χ3v) is 3.37. The Balaban J connectivity index is 1.89. The van der Waals surface area contributed by atoms with Crippen LogP contribution in [0.4, 0.5) is 5.69 Å². The number of anilines is 1. The lowest BCUT2D eigenvalue weighted by Crippen LogP contribution is -1.98. The molecular weight excluding hydrogens is 272 g/mol. The fourth-order valence-corrected chi connectivity index (χ4v) is 2.24. The number of fused-ring (bicyclic) bond motifs is 1. The second kappa shape index (κ2) is 5.39. The van der Waals surface area contributed by atoms with Crippen molar-refractivity contribution in [3.63, 3.8) is 0 Å². The van der Waals surface area contributed by atoms with Gasteiger partial charge in [-0.15, -0.1) is 0 Å². The van der Waals surface area contributed by atoms with E-state index in [1.165, 1.54) is 0 Å². The van der Waals surface area contributed by atoms with E-state index in [-0.39, 0.29) is 0 Å². The zero-order valence-corrected chi connectivity index (χ0v) is 11.5. The Morgan fingerprint density at radius 3 is 2.85 bits per heavy atom. The summed E-state index contributed by atoms with van der Waals surface area (Å²) in [5.74, 6) is 0.583. The summed E-state index contributed by atoms with van der Waals surface area (Å²) in [7, 11) is 0. The third kappa shape index (κ3) is 2.53. The molecule has 0 aliphatic rings. The zero-order valence-electron chi connectivity index (χ0n) is 10.7. The summed E-state index contributed by atoms with van der Waals surface area (Å²) < 4.78 is 5.76. The van der Waals surface area contributed by atoms with Crippen LogP contribution < -0.4 is 10.5 Å². The fraction of sp³-hybridized carbons (Fsp3) is 0.0625. The lowest BCUT2D eigenvalue weighted by Gasteiger charge is -2.10. The lowest BCUT2D eigenvalue weighted by atomic mass is 10.1. The molecule has 0 amide bonds. The highest BCUT2D eigenvalue weighted by molar-refractivity contribution is 6.32. The molecule has 2 N–H and O–H groups in total. The SMILES string of the molecule is Nc1ccc(Cl)c(OCc2cccc3cccnc23)c1. The van der Waals surface area contributed by atoms with Crippen molar-refractivity contribution < 1.29 is 4.74 Å². The molecule has 0 aliphatic carbocycles. The van der Waals surface area contributed by atoms with E-state index in [0.29, 0.717) is 23.1 Å². The molecule has 20 heavy (non-hydrogen) atoms. The molecule has 3 nitrogen and oxygen atoms in total. The van der Waals surface area contributed by atoms with Gasteiger partial charge in [-0.3, -0.25) is 4.98 Å². The predicted molar refractivity (Wildman–Crippen MR) is 81.9 cm³/mol. The van der Waals surface area contributed by atoms with Crippen molar-refractivity contribution in [2.75, 3.05) is 5.73 Å². The molecule has 4 heteroatoms. The van der Waals surface area contributed by atoms with Crippen LogP contribution in [0.1, 0.15) is 5.56 Å². The molecule has 0 unspecified atom stereocenters. The number of rotatable bonds is 3. The number of aromatic nitrogens is 1. The van der Waals surface area contributed by atoms with Gasteiger partial charge in [-0.2, -0.15) is 0 Å². The standard InChI is InChI=1S/C16H13ClN2O/c17-14-7-6-13(18)9-15(14)20-10-12-4-1-3-11-5-2-8-19-16(11)12/h1-9H,10,18H2. The summed E-state index contributed by atoms with van der Waals surface area (Å²) in [6.07, 6.45) is 1.78. The monoisotopic (exact) mass is 284 g/mol. The summed E-state index contributed by atoms with van der Waals surface area (Å²) in [6, 6.07) is 15.2. The second-order valence-electron chi connectivity index (χ2n) is 4.47. The normalized spacial score (nSPS) is 10.7. The van der Waals surface area contributed by atoms with Crippen LogP contribution in [0, 0.1) is 0 Å². The van der Waals surface area contributed by atoms with Gasteiger partial charge in [-0.05, 0) is 18.2 Å². The lowest BCUT2D eigenvalue weighted by molar-refractivity contribution is 0.308. The molecule has 1 heterocycles. The van der Waals surface area contributed by atoms with Crippen LogP contribution >= 0.6 is 11.6 Å². The predicted octanol–water partition coefficient (Wildman–Crippen LogP) is 4.05. The number of pyridine rings is 1. The number of hydrogen-bond acceptors (Lipinski definition) is 3. The number of nitrogens with zero attached hydrogens (tertiary/aromatic N) is 1. The Kier molecular flexibility index (Phi) is 3.44. The summed E-state index contributed by atoms with van der Waals surface area (Å²) in [5.41, 5.74) is 8.32. The first-order chi connectivity index (χ1) is 9.74. The van der Waals surface area contributed by atoms with Gasteiger partial charge in [0.25, 0.3) is 0 Å². The van der Waals surface area contributed by atoms with Gasteiger partial charge in [-0.25, -0.2) is 0 Å². The Morgan fingerprint density at radius 1 is 1.10 bits per heavy atom. The summed E-state index contributed by atoms with van der Waals surface area (Å²) >= 11 is 6.08. The zero-order chi connectivity index (χ0) is 13.9. The molecule has 0 atom stereocenters. The maximum atomic E-state index is 6.08. The van der Waals surface area contributed by atoms with Gasteiger partial charge in [-0.1, -0.05) is 35.9 Å². The minimum absolute atomic E-state index is 0.400. The number of halogens is 1. The number of nitrogen functional groups attached to an aromatic ring is 1. The smallest absolute Gasteiger partial charge is 0.140 e. The van der Waals surface area contributed by atoms with E-state index in [9.17, 15) is 0 Å². The summed E-state index contributed by atoms with van der Waals surface area (Å²) in [5, 5.41) is 1.64. The average Bonchev–Trinajstić information content (AvgIpc) is 2.48. The molecule has 2 aromatic carbocycles. The maximum absolute atomic E-state index is 6.08. The summed E-state index contributed by atoms with van der Waals surface area (Å²) in [6.45, 7) is 0.400. The van der Waals surface area contributed by atoms with E-state index in [1.54, 1.807) is 24.4 Å². The van der Waals surface area contributed by atoms with Gasteiger partial charge in [0.1, 0.15) is 12.4 Å². The first kappa shape index (κ1) is 12.8. The molecule has 100 valence electrons. The van der Waals surface area contributed by atoms with Gasteiger partial charge < -0.3 is 10.5 Å². The largest absolute Gasteiger partial charge is 0.487 e. The number of nitrogens with two attached hydrogens (primary N) is 1. The molecule has 3 aromatic rings. The quantitative estimate of drug-likeness (QED) is 0.738. The molecule has 0 bridgehead atoms. The van der Waals surface area contributed by atoms with E-state index < -0.39 is 0 Å². The molecule has 0 aliphatic heterocycles. The molecule has 1 aromatic heterocycles. The highest BCUT2D eigenvalue weighted by Crippen LogP contribution is 2.28. The second-order valence-corrected chi connectivity index (χ2v) is 4.88. The van der Waals surface area contributed by atoms with E-state index in [2.05, 4.69) is 4.98 Å². The fourth-order valence-electron chi connectivity index (χ4n) is 2.07. The van der Waals surface area contributed by atoms with Gasteiger partial charge in [0, 0.05) is 28.9 Å². The highest BCUT2D eigenvalue weighted by atomic mass is 35.5. The summed E-state index contributed by atoms with van der Waals surface area (Å²) in [4.78, 5) is 4.40. The average molecular weight is 285 g/mol. The van der Waals surface area contributed by atoms with Crippen molar-refractivity contribution in [1.29, 1.82) is 0 Å². The minimum Gasteiger partial charge on any atom is -0.487 e. The Morgan fingerprint density at radius 2 is 1.95 bits per heavy atom. The van der Waals surface area contributed by atoms with Gasteiger partial charge in [0.2, 0.25) is 0 Å². The van der Waals surface area contributed by atoms with Crippen LogP contribution in [0.5, 0.6) is 5.75 Å². The van der Waals surface area contributed by atoms with Crippen LogP contribution in [-0.4, -0.2) is 4.98 Å². The molecule has 0 saturated carbocycles. The Hall–Kier alpha value is -2.26. The molecule has 0 saturated heterocycles. The van der Waals surface area contributed by atoms with Crippen molar-refractivity contribution >= 4 is 28.2 Å². The maximum Gasteiger partial charge on any atom is 0.140 e. The van der Waals surface area contributed by atoms with Crippen LogP contribution in [0.15, 0.2) is 54.7 Å². The molecule has 3 rings (SSSR count). The van der Waals surface area contributed by atoms with Crippen LogP contribution in [-0.2, 0) is 6.61 Å². The van der Waals surface area contributed by atoms with Crippen molar-refractivity contribution in [3.05, 3.63) is 65.3 Å². The van der Waals surface area contributed by atoms with E-state index in [4.69, 9.17) is 22.1 Å². The molecular formula is C16H13ClN2O. The number of benzene rings is 2.